The van der Waals surface area contributed by atoms with Gasteiger partial charge >= 0.3 is 5.97 Å². The third kappa shape index (κ3) is 2.05. The third-order valence-electron chi connectivity index (χ3n) is 2.82. The van der Waals surface area contributed by atoms with Crippen LogP contribution in [0, 0.1) is 11.8 Å². The summed E-state index contributed by atoms with van der Waals surface area (Å²) in [6, 6.07) is 0. The number of thiazole rings is 1. The van der Waals surface area contributed by atoms with Crippen LogP contribution in [0.1, 0.15) is 6.42 Å². The van der Waals surface area contributed by atoms with E-state index in [1.807, 2.05) is 5.38 Å². The van der Waals surface area contributed by atoms with Crippen molar-refractivity contribution in [1.29, 1.82) is 0 Å². The fourth-order valence-corrected chi connectivity index (χ4v) is 2.38. The molecule has 88 valence electrons. The van der Waals surface area contributed by atoms with Crippen molar-refractivity contribution in [3.05, 3.63) is 17.9 Å². The van der Waals surface area contributed by atoms with Crippen LogP contribution >= 0.6 is 11.3 Å². The van der Waals surface area contributed by atoms with Crippen LogP contribution in [0.3, 0.4) is 0 Å². The predicted molar refractivity (Wildman–Crippen MR) is 60.4 cm³/mol. The minimum absolute atomic E-state index is 0.193. The van der Waals surface area contributed by atoms with E-state index >= 15 is 0 Å². The second-order valence-electron chi connectivity index (χ2n) is 4.07. The molecule has 7 heteroatoms. The lowest BCUT2D eigenvalue weighted by atomic mass is 10.3. The maximum Gasteiger partial charge on any atom is 0.306 e. The van der Waals surface area contributed by atoms with Crippen LogP contribution in [0.15, 0.2) is 17.9 Å². The zero-order chi connectivity index (χ0) is 11.8. The molecule has 0 spiro atoms. The van der Waals surface area contributed by atoms with E-state index in [0.29, 0.717) is 12.4 Å². The van der Waals surface area contributed by atoms with Gasteiger partial charge in [-0.3, -0.25) is 9.48 Å². The molecule has 1 aliphatic rings. The van der Waals surface area contributed by atoms with E-state index < -0.39 is 5.97 Å². The van der Waals surface area contributed by atoms with Crippen molar-refractivity contribution in [2.24, 2.45) is 11.8 Å². The van der Waals surface area contributed by atoms with Gasteiger partial charge in [0.05, 0.1) is 5.92 Å². The molecule has 1 aliphatic carbocycles. The number of aromatic nitrogens is 4. The molecular formula is C10H10N4O2S. The molecule has 2 heterocycles. The summed E-state index contributed by atoms with van der Waals surface area (Å²) in [7, 11) is 0. The zero-order valence-electron chi connectivity index (χ0n) is 8.85. The zero-order valence-corrected chi connectivity index (χ0v) is 9.67. The van der Waals surface area contributed by atoms with E-state index in [1.165, 1.54) is 11.3 Å². The van der Waals surface area contributed by atoms with Crippen molar-refractivity contribution in [3.63, 3.8) is 0 Å². The molecule has 0 saturated heterocycles. The average molecular weight is 250 g/mol. The molecule has 0 amide bonds. The van der Waals surface area contributed by atoms with Gasteiger partial charge in [0.1, 0.15) is 6.33 Å². The van der Waals surface area contributed by atoms with E-state index in [0.717, 1.165) is 11.4 Å². The molecule has 1 N–H and O–H groups in total. The summed E-state index contributed by atoms with van der Waals surface area (Å²) >= 11 is 1.49. The van der Waals surface area contributed by atoms with Crippen molar-refractivity contribution in [2.45, 2.75) is 13.0 Å². The van der Waals surface area contributed by atoms with Gasteiger partial charge in [0.25, 0.3) is 0 Å². The van der Waals surface area contributed by atoms with Gasteiger partial charge in [-0.05, 0) is 12.3 Å². The molecule has 2 aromatic rings. The van der Waals surface area contributed by atoms with Gasteiger partial charge in [-0.25, -0.2) is 9.97 Å². The SMILES string of the molecule is O=C(O)[C@@H]1C[C@H]1Cn1cnc(-c2nccs2)n1. The van der Waals surface area contributed by atoms with Crippen LogP contribution in [0.5, 0.6) is 0 Å². The fraction of sp³-hybridized carbons (Fsp3) is 0.400. The highest BCUT2D eigenvalue weighted by Crippen LogP contribution is 2.39. The summed E-state index contributed by atoms with van der Waals surface area (Å²) in [5.41, 5.74) is 0. The van der Waals surface area contributed by atoms with E-state index in [2.05, 4.69) is 15.1 Å². The van der Waals surface area contributed by atoms with Crippen molar-refractivity contribution >= 4 is 17.3 Å². The number of carbonyl (C=O) groups is 1. The Morgan fingerprint density at radius 3 is 3.12 bits per heavy atom. The van der Waals surface area contributed by atoms with Gasteiger partial charge in [-0.1, -0.05) is 0 Å². The molecule has 3 rings (SSSR count). The van der Waals surface area contributed by atoms with Crippen LogP contribution in [0.2, 0.25) is 0 Å². The van der Waals surface area contributed by atoms with E-state index in [9.17, 15) is 4.79 Å². The van der Waals surface area contributed by atoms with Crippen molar-refractivity contribution in [2.75, 3.05) is 0 Å². The quantitative estimate of drug-likeness (QED) is 0.879. The summed E-state index contributed by atoms with van der Waals surface area (Å²) in [5, 5.41) is 15.7. The number of hydrogen-bond donors (Lipinski definition) is 1. The topological polar surface area (TPSA) is 80.9 Å². The Bertz CT molecular complexity index is 536. The molecule has 6 nitrogen and oxygen atoms in total. The van der Waals surface area contributed by atoms with Crippen molar-refractivity contribution < 1.29 is 9.90 Å². The molecule has 2 aromatic heterocycles. The van der Waals surface area contributed by atoms with Gasteiger partial charge in [0, 0.05) is 18.1 Å². The maximum atomic E-state index is 10.7. The number of aliphatic carboxylic acids is 1. The van der Waals surface area contributed by atoms with E-state index in [4.69, 9.17) is 5.11 Å². The minimum Gasteiger partial charge on any atom is -0.481 e. The number of carboxylic acids is 1. The predicted octanol–water partition coefficient (Wildman–Crippen LogP) is 1.12. The van der Waals surface area contributed by atoms with E-state index in [1.54, 1.807) is 17.2 Å². The smallest absolute Gasteiger partial charge is 0.306 e. The van der Waals surface area contributed by atoms with Gasteiger partial charge in [-0.2, -0.15) is 0 Å². The molecule has 0 aromatic carbocycles. The Labute approximate surface area is 101 Å². The molecular weight excluding hydrogens is 240 g/mol. The first-order valence-electron chi connectivity index (χ1n) is 5.26. The van der Waals surface area contributed by atoms with Crippen LogP contribution in [-0.4, -0.2) is 30.8 Å². The first-order chi connectivity index (χ1) is 8.24. The van der Waals surface area contributed by atoms with Crippen molar-refractivity contribution in [1.82, 2.24) is 19.7 Å². The lowest BCUT2D eigenvalue weighted by Gasteiger charge is -1.96. The average Bonchev–Trinajstić information content (AvgIpc) is 2.74. The standard InChI is InChI=1S/C10H10N4O2S/c15-10(16)7-3-6(7)4-14-5-12-8(13-14)9-11-1-2-17-9/h1-2,5-7H,3-4H2,(H,15,16)/t6-,7+/m0/s1. The molecule has 2 atom stereocenters. The number of rotatable bonds is 4. The number of nitrogens with zero attached hydrogens (tertiary/aromatic N) is 4. The highest BCUT2D eigenvalue weighted by atomic mass is 32.1. The highest BCUT2D eigenvalue weighted by molar-refractivity contribution is 7.12. The molecule has 1 fully saturated rings. The fourth-order valence-electron chi connectivity index (χ4n) is 1.81. The highest BCUT2D eigenvalue weighted by Gasteiger charge is 2.43. The Balaban J connectivity index is 1.68. The lowest BCUT2D eigenvalue weighted by molar-refractivity contribution is -0.138. The summed E-state index contributed by atoms with van der Waals surface area (Å²) in [4.78, 5) is 19.0. The molecule has 0 bridgehead atoms. The van der Waals surface area contributed by atoms with E-state index in [-0.39, 0.29) is 11.8 Å². The lowest BCUT2D eigenvalue weighted by Crippen LogP contribution is -2.06. The minimum atomic E-state index is -0.713. The normalized spacial score (nSPS) is 22.6. The summed E-state index contributed by atoms with van der Waals surface area (Å²) < 4.78 is 1.70. The summed E-state index contributed by atoms with van der Waals surface area (Å²) in [6.07, 6.45) is 4.08. The second kappa shape index (κ2) is 3.92. The number of hydrogen-bond acceptors (Lipinski definition) is 5. The van der Waals surface area contributed by atoms with Crippen LogP contribution in [0.4, 0.5) is 0 Å². The summed E-state index contributed by atoms with van der Waals surface area (Å²) in [6.45, 7) is 0.620. The van der Waals surface area contributed by atoms with Gasteiger partial charge in [-0.15, -0.1) is 16.4 Å². The Hall–Kier alpha value is -1.76. The first kappa shape index (κ1) is 10.4. The molecule has 0 unspecified atom stereocenters. The first-order valence-corrected chi connectivity index (χ1v) is 6.14. The Morgan fingerprint density at radius 1 is 1.59 bits per heavy atom. The summed E-state index contributed by atoms with van der Waals surface area (Å²) in [5.74, 6) is -0.122. The molecule has 1 saturated carbocycles. The second-order valence-corrected chi connectivity index (χ2v) is 4.96. The largest absolute Gasteiger partial charge is 0.481 e. The Kier molecular flexibility index (Phi) is 2.40. The third-order valence-corrected chi connectivity index (χ3v) is 3.59. The Morgan fingerprint density at radius 2 is 2.47 bits per heavy atom. The van der Waals surface area contributed by atoms with Crippen molar-refractivity contribution in [3.8, 4) is 10.8 Å². The van der Waals surface area contributed by atoms with Crippen LogP contribution in [0.25, 0.3) is 10.8 Å². The van der Waals surface area contributed by atoms with Gasteiger partial charge in [0.15, 0.2) is 5.01 Å². The molecule has 17 heavy (non-hydrogen) atoms. The molecule has 0 aliphatic heterocycles. The van der Waals surface area contributed by atoms with Crippen LogP contribution < -0.4 is 0 Å². The van der Waals surface area contributed by atoms with Gasteiger partial charge < -0.3 is 5.11 Å². The number of carboxylic acid groups (broad SMARTS) is 1. The van der Waals surface area contributed by atoms with Crippen LogP contribution in [-0.2, 0) is 11.3 Å². The monoisotopic (exact) mass is 250 g/mol. The molecule has 0 radical (unpaired) electrons. The maximum absolute atomic E-state index is 10.7. The van der Waals surface area contributed by atoms with Gasteiger partial charge in [0.2, 0.25) is 5.82 Å².